The molecule has 0 aliphatic carbocycles. The zero-order chi connectivity index (χ0) is 27.4. The van der Waals surface area contributed by atoms with Crippen molar-refractivity contribution in [1.29, 1.82) is 0 Å². The van der Waals surface area contributed by atoms with E-state index < -0.39 is 46.3 Å². The topological polar surface area (TPSA) is 9.23 Å². The van der Waals surface area contributed by atoms with E-state index in [9.17, 15) is 26.3 Å². The molecule has 0 aliphatic heterocycles. The van der Waals surface area contributed by atoms with Crippen LogP contribution >= 0.6 is 0 Å². The molecule has 0 rings (SSSR count). The molecule has 0 unspecified atom stereocenters. The molecule has 0 saturated heterocycles. The molecule has 2 radical (unpaired) electrons. The second-order valence-electron chi connectivity index (χ2n) is 9.75. The second-order valence-corrected chi connectivity index (χ2v) is 14.0. The van der Waals surface area contributed by atoms with E-state index in [-0.39, 0.29) is 12.8 Å². The van der Waals surface area contributed by atoms with Crippen LogP contribution in [0.4, 0.5) is 26.3 Å². The maximum atomic E-state index is 11.7. The van der Waals surface area contributed by atoms with Crippen molar-refractivity contribution in [3.63, 3.8) is 0 Å². The molecule has 0 bridgehead atoms. The first kappa shape index (κ1) is 38.5. The Morgan fingerprint density at radius 2 is 0.750 bits per heavy atom. The van der Waals surface area contributed by atoms with Gasteiger partial charge in [-0.15, -0.1) is 0 Å². The molecule has 0 N–H and O–H groups in total. The molecule has 0 spiro atoms. The van der Waals surface area contributed by atoms with E-state index in [1.165, 1.54) is 103 Å². The zero-order valence-electron chi connectivity index (χ0n) is 23.1. The maximum absolute atomic E-state index is 11.7. The molecule has 0 aliphatic rings. The van der Waals surface area contributed by atoms with E-state index in [1.54, 1.807) is 0 Å². The van der Waals surface area contributed by atoms with Crippen molar-refractivity contribution in [2.75, 3.05) is 13.2 Å². The van der Waals surface area contributed by atoms with Gasteiger partial charge in [-0.25, -0.2) is 0 Å². The molecule has 0 heterocycles. The first-order chi connectivity index (χ1) is 17.1. The Hall–Kier alpha value is 0.339. The Morgan fingerprint density at radius 3 is 1.06 bits per heavy atom. The normalized spacial score (nSPS) is 12.0. The molecular weight excluding hydrogens is 585 g/mol. The second kappa shape index (κ2) is 28.3. The summed E-state index contributed by atoms with van der Waals surface area (Å²) in [5, 5.41) is 0. The van der Waals surface area contributed by atoms with Crippen molar-refractivity contribution < 1.29 is 31.1 Å². The Morgan fingerprint density at radius 1 is 0.444 bits per heavy atom. The quantitative estimate of drug-likeness (QED) is 0.0580. The van der Waals surface area contributed by atoms with Crippen molar-refractivity contribution in [3.8, 4) is 0 Å². The third-order valence-corrected chi connectivity index (χ3v) is 9.95. The fourth-order valence-electron chi connectivity index (χ4n) is 3.73. The first-order valence-corrected chi connectivity index (χ1v) is 18.6. The Bertz CT molecular complexity index is 380. The van der Waals surface area contributed by atoms with Crippen LogP contribution in [0.3, 0.4) is 0 Å². The SMILES string of the molecule is CCCCCCCCCCOCCCCCCCCCC.FC(F)(F)CC[CH2][Sn][CH2]CCC(F)(F)F. The summed E-state index contributed by atoms with van der Waals surface area (Å²) in [5.74, 6) is 0. The van der Waals surface area contributed by atoms with Crippen molar-refractivity contribution in [2.45, 2.75) is 163 Å². The van der Waals surface area contributed by atoms with Crippen LogP contribution in [0.2, 0.25) is 8.87 Å². The van der Waals surface area contributed by atoms with Crippen LogP contribution < -0.4 is 0 Å². The van der Waals surface area contributed by atoms with Crippen molar-refractivity contribution in [1.82, 2.24) is 0 Å². The summed E-state index contributed by atoms with van der Waals surface area (Å²) in [5.41, 5.74) is 0. The van der Waals surface area contributed by atoms with E-state index in [4.69, 9.17) is 4.74 Å². The molecule has 0 aromatic carbocycles. The summed E-state index contributed by atoms with van der Waals surface area (Å²) in [6.45, 7) is 6.55. The minimum absolute atomic E-state index is 0.0850. The summed E-state index contributed by atoms with van der Waals surface area (Å²) in [6, 6.07) is 0. The van der Waals surface area contributed by atoms with Gasteiger partial charge in [-0.05, 0) is 12.8 Å². The molecule has 0 aromatic rings. The van der Waals surface area contributed by atoms with E-state index in [1.807, 2.05) is 0 Å². The third-order valence-electron chi connectivity index (χ3n) is 5.91. The molecule has 0 saturated carbocycles. The molecule has 36 heavy (non-hydrogen) atoms. The summed E-state index contributed by atoms with van der Waals surface area (Å²) in [7, 11) is 0. The summed E-state index contributed by atoms with van der Waals surface area (Å²) in [4.78, 5) is 0. The fraction of sp³-hybridized carbons (Fsp3) is 1.00. The van der Waals surface area contributed by atoms with Crippen LogP contribution in [0.15, 0.2) is 0 Å². The van der Waals surface area contributed by atoms with E-state index in [2.05, 4.69) is 13.8 Å². The predicted molar refractivity (Wildman–Crippen MR) is 142 cm³/mol. The van der Waals surface area contributed by atoms with Gasteiger partial charge in [0.1, 0.15) is 0 Å². The van der Waals surface area contributed by atoms with Crippen LogP contribution in [0.1, 0.15) is 142 Å². The van der Waals surface area contributed by atoms with Crippen LogP contribution in [-0.2, 0) is 4.74 Å². The number of hydrogen-bond acceptors (Lipinski definition) is 1. The van der Waals surface area contributed by atoms with Gasteiger partial charge in [-0.3, -0.25) is 0 Å². The summed E-state index contributed by atoms with van der Waals surface area (Å²) in [6.07, 6.45) is 12.6. The molecule has 0 aromatic heterocycles. The van der Waals surface area contributed by atoms with E-state index in [0.717, 1.165) is 13.2 Å². The zero-order valence-corrected chi connectivity index (χ0v) is 26.0. The van der Waals surface area contributed by atoms with Gasteiger partial charge in [0.05, 0.1) is 0 Å². The van der Waals surface area contributed by atoms with Gasteiger partial charge in [0.2, 0.25) is 0 Å². The number of unbranched alkanes of at least 4 members (excludes halogenated alkanes) is 14. The first-order valence-electron chi connectivity index (χ1n) is 14.5. The van der Waals surface area contributed by atoms with Crippen LogP contribution in [0.5, 0.6) is 0 Å². The summed E-state index contributed by atoms with van der Waals surface area (Å²) >= 11 is -0.987. The molecule has 1 nitrogen and oxygen atoms in total. The molecule has 0 fully saturated rings. The number of ether oxygens (including phenoxy) is 1. The number of halogens is 6. The van der Waals surface area contributed by atoms with Gasteiger partial charge >= 0.3 is 94.4 Å². The molecule has 8 heteroatoms. The van der Waals surface area contributed by atoms with Gasteiger partial charge in [-0.1, -0.05) is 104 Å². The summed E-state index contributed by atoms with van der Waals surface area (Å²) < 4.78 is 76.7. The Balaban J connectivity index is 0. The number of alkyl halides is 6. The van der Waals surface area contributed by atoms with Crippen LogP contribution in [-0.4, -0.2) is 46.7 Å². The number of hydrogen-bond donors (Lipinski definition) is 0. The minimum atomic E-state index is -4.12. The van der Waals surface area contributed by atoms with Crippen LogP contribution in [0.25, 0.3) is 0 Å². The Kier molecular flexibility index (Phi) is 30.3. The number of rotatable bonds is 24. The van der Waals surface area contributed by atoms with Crippen molar-refractivity contribution in [2.24, 2.45) is 0 Å². The van der Waals surface area contributed by atoms with Gasteiger partial charge in [0.15, 0.2) is 0 Å². The van der Waals surface area contributed by atoms with Crippen molar-refractivity contribution in [3.05, 3.63) is 0 Å². The van der Waals surface area contributed by atoms with Gasteiger partial charge in [0, 0.05) is 13.2 Å². The van der Waals surface area contributed by atoms with Gasteiger partial charge in [-0.2, -0.15) is 0 Å². The molecule has 0 atom stereocenters. The molecule has 0 amide bonds. The molecular formula is C28H54F6OSn. The average Bonchev–Trinajstić information content (AvgIpc) is 2.79. The van der Waals surface area contributed by atoms with Crippen LogP contribution in [0, 0.1) is 0 Å². The monoisotopic (exact) mass is 640 g/mol. The average molecular weight is 639 g/mol. The Labute approximate surface area is 228 Å². The van der Waals surface area contributed by atoms with Gasteiger partial charge in [0.25, 0.3) is 0 Å². The fourth-order valence-corrected chi connectivity index (χ4v) is 6.88. The van der Waals surface area contributed by atoms with Crippen molar-refractivity contribution >= 4 is 21.1 Å². The molecule has 218 valence electrons. The standard InChI is InChI=1S/C20H42O.2C4H6F3.Sn/c1-3-5-7-9-11-13-15-17-19-21-20-18-16-14-12-10-8-6-4-2;2*1-2-3-4(5,6)7;/h3-20H2,1-2H3;2*1-3H2;. The van der Waals surface area contributed by atoms with E-state index >= 15 is 0 Å². The predicted octanol–water partition coefficient (Wildman–Crippen LogP) is 11.5. The van der Waals surface area contributed by atoms with Gasteiger partial charge < -0.3 is 4.74 Å². The third kappa shape index (κ3) is 41.5. The van der Waals surface area contributed by atoms with E-state index in [0.29, 0.717) is 8.87 Å².